The molecule has 2 aromatic rings. The summed E-state index contributed by atoms with van der Waals surface area (Å²) >= 11 is 0. The SMILES string of the molecule is Cc1ncc(C(=O)N2CCC(=O)N(Cc3ccc(F)cc3)C(C(C)C)C2)cn1. The zero-order valence-corrected chi connectivity index (χ0v) is 16.4. The standard InChI is InChI=1S/C21H25FN4O2/c1-14(2)19-13-25(21(28)17-10-23-15(3)24-11-17)9-8-20(27)26(19)12-16-4-6-18(22)7-5-16/h4-7,10-11,14,19H,8-9,12-13H2,1-3H3. The molecule has 1 saturated heterocycles. The highest BCUT2D eigenvalue weighted by Crippen LogP contribution is 2.22. The van der Waals surface area contributed by atoms with E-state index in [9.17, 15) is 14.0 Å². The Bertz CT molecular complexity index is 836. The molecule has 0 spiro atoms. The van der Waals surface area contributed by atoms with Crippen molar-refractivity contribution >= 4 is 11.8 Å². The second-order valence-electron chi connectivity index (χ2n) is 7.48. The van der Waals surface area contributed by atoms with Crippen LogP contribution in [0.4, 0.5) is 4.39 Å². The zero-order valence-electron chi connectivity index (χ0n) is 16.4. The molecule has 2 heterocycles. The Morgan fingerprint density at radius 1 is 1.21 bits per heavy atom. The Morgan fingerprint density at radius 3 is 2.46 bits per heavy atom. The molecular weight excluding hydrogens is 359 g/mol. The monoisotopic (exact) mass is 384 g/mol. The van der Waals surface area contributed by atoms with Gasteiger partial charge in [0.2, 0.25) is 5.91 Å². The number of rotatable bonds is 4. The molecule has 0 saturated carbocycles. The normalized spacial score (nSPS) is 17.8. The topological polar surface area (TPSA) is 66.4 Å². The van der Waals surface area contributed by atoms with Gasteiger partial charge in [-0.15, -0.1) is 0 Å². The van der Waals surface area contributed by atoms with E-state index in [0.717, 1.165) is 5.56 Å². The van der Waals surface area contributed by atoms with Crippen LogP contribution in [0.15, 0.2) is 36.7 Å². The summed E-state index contributed by atoms with van der Waals surface area (Å²) in [5.74, 6) is 0.296. The summed E-state index contributed by atoms with van der Waals surface area (Å²) in [6, 6.07) is 6.05. The van der Waals surface area contributed by atoms with E-state index in [2.05, 4.69) is 9.97 Å². The third-order valence-corrected chi connectivity index (χ3v) is 5.07. The summed E-state index contributed by atoms with van der Waals surface area (Å²) in [6.45, 7) is 7.04. The molecule has 28 heavy (non-hydrogen) atoms. The van der Waals surface area contributed by atoms with E-state index in [-0.39, 0.29) is 36.0 Å². The average Bonchev–Trinajstić information content (AvgIpc) is 2.83. The van der Waals surface area contributed by atoms with Crippen LogP contribution in [0.2, 0.25) is 0 Å². The lowest BCUT2D eigenvalue weighted by Crippen LogP contribution is -2.47. The minimum atomic E-state index is -0.302. The lowest BCUT2D eigenvalue weighted by atomic mass is 10.0. The molecule has 1 aliphatic heterocycles. The smallest absolute Gasteiger partial charge is 0.257 e. The molecule has 148 valence electrons. The lowest BCUT2D eigenvalue weighted by Gasteiger charge is -2.34. The predicted molar refractivity (Wildman–Crippen MR) is 103 cm³/mol. The van der Waals surface area contributed by atoms with Gasteiger partial charge in [-0.25, -0.2) is 14.4 Å². The predicted octanol–water partition coefficient (Wildman–Crippen LogP) is 2.82. The van der Waals surface area contributed by atoms with Crippen LogP contribution in [0, 0.1) is 18.7 Å². The van der Waals surface area contributed by atoms with Crippen molar-refractivity contribution in [3.05, 3.63) is 59.4 Å². The maximum Gasteiger partial charge on any atom is 0.257 e. The fraction of sp³-hybridized carbons (Fsp3) is 0.429. The van der Waals surface area contributed by atoms with Crippen molar-refractivity contribution < 1.29 is 14.0 Å². The minimum Gasteiger partial charge on any atom is -0.336 e. The number of benzene rings is 1. The minimum absolute atomic E-state index is 0.00141. The Balaban J connectivity index is 1.82. The molecule has 1 fully saturated rings. The van der Waals surface area contributed by atoms with Crippen molar-refractivity contribution in [1.29, 1.82) is 0 Å². The highest BCUT2D eigenvalue weighted by molar-refractivity contribution is 5.94. The van der Waals surface area contributed by atoms with Gasteiger partial charge in [0.1, 0.15) is 11.6 Å². The number of aryl methyl sites for hydroxylation is 1. The van der Waals surface area contributed by atoms with Crippen molar-refractivity contribution in [2.75, 3.05) is 13.1 Å². The van der Waals surface area contributed by atoms with E-state index in [4.69, 9.17) is 0 Å². The summed E-state index contributed by atoms with van der Waals surface area (Å²) < 4.78 is 13.2. The van der Waals surface area contributed by atoms with Crippen LogP contribution in [0.5, 0.6) is 0 Å². The number of amides is 2. The third kappa shape index (κ3) is 4.52. The van der Waals surface area contributed by atoms with Gasteiger partial charge in [0.05, 0.1) is 11.6 Å². The third-order valence-electron chi connectivity index (χ3n) is 5.07. The van der Waals surface area contributed by atoms with Crippen molar-refractivity contribution in [3.63, 3.8) is 0 Å². The van der Waals surface area contributed by atoms with Gasteiger partial charge in [-0.2, -0.15) is 0 Å². The first-order chi connectivity index (χ1) is 13.3. The molecule has 1 unspecified atom stereocenters. The summed E-state index contributed by atoms with van der Waals surface area (Å²) in [7, 11) is 0. The van der Waals surface area contributed by atoms with Crippen LogP contribution in [0.25, 0.3) is 0 Å². The Morgan fingerprint density at radius 2 is 1.86 bits per heavy atom. The molecule has 6 nitrogen and oxygen atoms in total. The van der Waals surface area contributed by atoms with Gasteiger partial charge in [-0.05, 0) is 30.5 Å². The molecule has 1 aliphatic rings. The number of carbonyl (C=O) groups is 2. The van der Waals surface area contributed by atoms with E-state index in [1.54, 1.807) is 24.0 Å². The molecule has 2 amide bonds. The fourth-order valence-electron chi connectivity index (χ4n) is 3.41. The van der Waals surface area contributed by atoms with E-state index < -0.39 is 0 Å². The van der Waals surface area contributed by atoms with E-state index in [1.165, 1.54) is 24.5 Å². The quantitative estimate of drug-likeness (QED) is 0.813. The molecule has 1 aromatic heterocycles. The van der Waals surface area contributed by atoms with Gasteiger partial charge in [0, 0.05) is 38.4 Å². The second-order valence-corrected chi connectivity index (χ2v) is 7.48. The van der Waals surface area contributed by atoms with E-state index in [0.29, 0.717) is 31.0 Å². The largest absolute Gasteiger partial charge is 0.336 e. The van der Waals surface area contributed by atoms with Crippen molar-refractivity contribution in [3.8, 4) is 0 Å². The molecule has 0 radical (unpaired) electrons. The molecule has 0 bridgehead atoms. The summed E-state index contributed by atoms with van der Waals surface area (Å²) in [6.07, 6.45) is 3.30. The van der Waals surface area contributed by atoms with Gasteiger partial charge in [-0.1, -0.05) is 26.0 Å². The van der Waals surface area contributed by atoms with Crippen LogP contribution >= 0.6 is 0 Å². The fourth-order valence-corrected chi connectivity index (χ4v) is 3.41. The number of nitrogens with zero attached hydrogens (tertiary/aromatic N) is 4. The highest BCUT2D eigenvalue weighted by atomic mass is 19.1. The first-order valence-corrected chi connectivity index (χ1v) is 9.47. The van der Waals surface area contributed by atoms with E-state index >= 15 is 0 Å². The highest BCUT2D eigenvalue weighted by Gasteiger charge is 2.33. The zero-order chi connectivity index (χ0) is 20.3. The lowest BCUT2D eigenvalue weighted by molar-refractivity contribution is -0.134. The van der Waals surface area contributed by atoms with Gasteiger partial charge in [0.15, 0.2) is 0 Å². The van der Waals surface area contributed by atoms with Gasteiger partial charge < -0.3 is 9.80 Å². The summed E-state index contributed by atoms with van der Waals surface area (Å²) in [5, 5.41) is 0. The first kappa shape index (κ1) is 19.9. The molecule has 0 N–H and O–H groups in total. The maximum atomic E-state index is 13.2. The molecular formula is C21H25FN4O2. The summed E-state index contributed by atoms with van der Waals surface area (Å²) in [4.78, 5) is 37.5. The number of hydrogen-bond acceptors (Lipinski definition) is 4. The van der Waals surface area contributed by atoms with Crippen LogP contribution in [-0.2, 0) is 11.3 Å². The van der Waals surface area contributed by atoms with Crippen molar-refractivity contribution in [2.45, 2.75) is 39.8 Å². The number of hydrogen-bond donors (Lipinski definition) is 0. The number of halogens is 1. The number of carbonyl (C=O) groups excluding carboxylic acids is 2. The Kier molecular flexibility index (Phi) is 6.02. The molecule has 1 aromatic carbocycles. The van der Waals surface area contributed by atoms with E-state index in [1.807, 2.05) is 18.7 Å². The van der Waals surface area contributed by atoms with Gasteiger partial charge in [-0.3, -0.25) is 9.59 Å². The summed E-state index contributed by atoms with van der Waals surface area (Å²) in [5.41, 5.74) is 1.29. The van der Waals surface area contributed by atoms with Crippen molar-refractivity contribution in [1.82, 2.24) is 19.8 Å². The first-order valence-electron chi connectivity index (χ1n) is 9.47. The Hall–Kier alpha value is -2.83. The molecule has 7 heteroatoms. The maximum absolute atomic E-state index is 13.2. The average molecular weight is 384 g/mol. The number of aromatic nitrogens is 2. The van der Waals surface area contributed by atoms with Crippen LogP contribution in [0.3, 0.4) is 0 Å². The van der Waals surface area contributed by atoms with Gasteiger partial charge >= 0.3 is 0 Å². The molecule has 3 rings (SSSR count). The van der Waals surface area contributed by atoms with Crippen LogP contribution in [-0.4, -0.2) is 50.7 Å². The molecule has 1 atom stereocenters. The Labute approximate surface area is 164 Å². The second kappa shape index (κ2) is 8.46. The molecule has 0 aliphatic carbocycles. The van der Waals surface area contributed by atoms with Crippen LogP contribution < -0.4 is 0 Å². The van der Waals surface area contributed by atoms with Crippen LogP contribution in [0.1, 0.15) is 42.0 Å². The van der Waals surface area contributed by atoms with Gasteiger partial charge in [0.25, 0.3) is 5.91 Å². The van der Waals surface area contributed by atoms with Crippen molar-refractivity contribution in [2.24, 2.45) is 5.92 Å².